The Morgan fingerprint density at radius 2 is 1.93 bits per heavy atom. The second-order valence-electron chi connectivity index (χ2n) is 4.04. The zero-order valence-corrected chi connectivity index (χ0v) is 9.37. The molecule has 1 unspecified atom stereocenters. The highest BCUT2D eigenvalue weighted by molar-refractivity contribution is 5.97. The van der Waals surface area contributed by atoms with Crippen LogP contribution in [-0.2, 0) is 9.59 Å². The normalized spacial score (nSPS) is 19.5. The quantitative estimate of drug-likeness (QED) is 0.693. The molecule has 0 radical (unpaired) electrons. The molecule has 0 spiro atoms. The van der Waals surface area contributed by atoms with Gasteiger partial charge < -0.3 is 5.73 Å². The summed E-state index contributed by atoms with van der Waals surface area (Å²) in [6.07, 6.45) is 4.60. The number of carbonyl (C=O) groups is 2. The number of piperidine rings is 1. The maximum Gasteiger partial charge on any atom is 0.229 e. The summed E-state index contributed by atoms with van der Waals surface area (Å²) in [5.41, 5.74) is 5.62. The number of likely N-dealkylation sites (tertiary alicyclic amines) is 1. The maximum absolute atomic E-state index is 11.6. The van der Waals surface area contributed by atoms with Gasteiger partial charge in [-0.15, -0.1) is 0 Å². The highest BCUT2D eigenvalue weighted by atomic mass is 16.2. The molecule has 0 saturated carbocycles. The molecule has 15 heavy (non-hydrogen) atoms. The van der Waals surface area contributed by atoms with Gasteiger partial charge in [-0.3, -0.25) is 14.5 Å². The minimum atomic E-state index is -0.0785. The van der Waals surface area contributed by atoms with Gasteiger partial charge in [-0.2, -0.15) is 0 Å². The van der Waals surface area contributed by atoms with Crippen molar-refractivity contribution in [3.05, 3.63) is 0 Å². The number of imide groups is 1. The summed E-state index contributed by atoms with van der Waals surface area (Å²) in [5.74, 6) is -0.0874. The van der Waals surface area contributed by atoms with E-state index >= 15 is 0 Å². The van der Waals surface area contributed by atoms with Crippen molar-refractivity contribution in [2.24, 2.45) is 5.73 Å². The average Bonchev–Trinajstić information content (AvgIpc) is 2.22. The van der Waals surface area contributed by atoms with Crippen LogP contribution in [0.15, 0.2) is 0 Å². The number of unbranched alkanes of at least 4 members (excludes halogenated alkanes) is 1. The summed E-state index contributed by atoms with van der Waals surface area (Å²) in [5, 5.41) is 0. The molecule has 1 atom stereocenters. The first-order valence-corrected chi connectivity index (χ1v) is 5.75. The Labute approximate surface area is 90.8 Å². The SMILES string of the molecule is CCCCC(CN)N1C(=O)CCCC1=O. The van der Waals surface area contributed by atoms with Gasteiger partial charge in [0.05, 0.1) is 6.04 Å². The van der Waals surface area contributed by atoms with Crippen molar-refractivity contribution in [2.75, 3.05) is 6.54 Å². The van der Waals surface area contributed by atoms with Crippen molar-refractivity contribution >= 4 is 11.8 Å². The molecule has 2 N–H and O–H groups in total. The molecule has 86 valence electrons. The smallest absolute Gasteiger partial charge is 0.229 e. The highest BCUT2D eigenvalue weighted by Gasteiger charge is 2.31. The molecule has 4 nitrogen and oxygen atoms in total. The van der Waals surface area contributed by atoms with Crippen LogP contribution in [0.5, 0.6) is 0 Å². The molecule has 1 fully saturated rings. The Morgan fingerprint density at radius 3 is 2.40 bits per heavy atom. The largest absolute Gasteiger partial charge is 0.328 e. The molecule has 0 aromatic heterocycles. The molecule has 2 amide bonds. The van der Waals surface area contributed by atoms with E-state index in [1.807, 2.05) is 0 Å². The summed E-state index contributed by atoms with van der Waals surface area (Å²) >= 11 is 0. The van der Waals surface area contributed by atoms with E-state index in [9.17, 15) is 9.59 Å². The Bertz CT molecular complexity index is 225. The third kappa shape index (κ3) is 3.02. The molecule has 1 saturated heterocycles. The van der Waals surface area contributed by atoms with Gasteiger partial charge >= 0.3 is 0 Å². The molecule has 1 rings (SSSR count). The first-order valence-electron chi connectivity index (χ1n) is 5.75. The summed E-state index contributed by atoms with van der Waals surface area (Å²) < 4.78 is 0. The first kappa shape index (κ1) is 12.2. The van der Waals surface area contributed by atoms with Crippen LogP contribution in [0.1, 0.15) is 45.4 Å². The Morgan fingerprint density at radius 1 is 1.33 bits per heavy atom. The van der Waals surface area contributed by atoms with Gasteiger partial charge in [-0.05, 0) is 12.8 Å². The van der Waals surface area contributed by atoms with Gasteiger partial charge in [-0.25, -0.2) is 0 Å². The zero-order chi connectivity index (χ0) is 11.3. The molecular formula is C11H20N2O2. The molecule has 0 aliphatic carbocycles. The van der Waals surface area contributed by atoms with Crippen LogP contribution < -0.4 is 5.73 Å². The van der Waals surface area contributed by atoms with Crippen LogP contribution in [0, 0.1) is 0 Å². The van der Waals surface area contributed by atoms with Gasteiger partial charge in [0.15, 0.2) is 0 Å². The van der Waals surface area contributed by atoms with E-state index in [0.717, 1.165) is 19.3 Å². The van der Waals surface area contributed by atoms with Crippen LogP contribution in [0.25, 0.3) is 0 Å². The number of nitrogens with two attached hydrogens (primary N) is 1. The first-order chi connectivity index (χ1) is 7.20. The predicted molar refractivity (Wildman–Crippen MR) is 58.1 cm³/mol. The van der Waals surface area contributed by atoms with Gasteiger partial charge in [0.1, 0.15) is 0 Å². The lowest BCUT2D eigenvalue weighted by atomic mass is 10.0. The number of nitrogens with zero attached hydrogens (tertiary/aromatic N) is 1. The lowest BCUT2D eigenvalue weighted by Gasteiger charge is -2.32. The second kappa shape index (κ2) is 5.85. The number of carbonyl (C=O) groups excluding carboxylic acids is 2. The molecule has 1 aliphatic rings. The highest BCUT2D eigenvalue weighted by Crippen LogP contribution is 2.18. The summed E-state index contributed by atoms with van der Waals surface area (Å²) in [6.45, 7) is 2.48. The van der Waals surface area contributed by atoms with Crippen LogP contribution in [-0.4, -0.2) is 29.3 Å². The number of rotatable bonds is 5. The van der Waals surface area contributed by atoms with E-state index < -0.39 is 0 Å². The molecule has 1 aliphatic heterocycles. The monoisotopic (exact) mass is 212 g/mol. The number of hydrogen-bond acceptors (Lipinski definition) is 3. The van der Waals surface area contributed by atoms with E-state index in [0.29, 0.717) is 25.8 Å². The van der Waals surface area contributed by atoms with Gasteiger partial charge in [0, 0.05) is 19.4 Å². The molecule has 0 aromatic carbocycles. The lowest BCUT2D eigenvalue weighted by molar-refractivity contribution is -0.150. The standard InChI is InChI=1S/C11H20N2O2/c1-2-3-5-9(8-12)13-10(14)6-4-7-11(13)15/h9H,2-8,12H2,1H3. The van der Waals surface area contributed by atoms with Gasteiger partial charge in [0.2, 0.25) is 11.8 Å². The van der Waals surface area contributed by atoms with Crippen LogP contribution in [0.3, 0.4) is 0 Å². The minimum absolute atomic E-state index is 0.0437. The van der Waals surface area contributed by atoms with Gasteiger partial charge in [0.25, 0.3) is 0 Å². The topological polar surface area (TPSA) is 63.4 Å². The van der Waals surface area contributed by atoms with E-state index in [-0.39, 0.29) is 17.9 Å². The van der Waals surface area contributed by atoms with Gasteiger partial charge in [-0.1, -0.05) is 19.8 Å². The fourth-order valence-corrected chi connectivity index (χ4v) is 1.97. The fourth-order valence-electron chi connectivity index (χ4n) is 1.97. The van der Waals surface area contributed by atoms with Crippen LogP contribution >= 0.6 is 0 Å². The van der Waals surface area contributed by atoms with Crippen molar-refractivity contribution in [1.82, 2.24) is 4.90 Å². The lowest BCUT2D eigenvalue weighted by Crippen LogP contribution is -2.50. The van der Waals surface area contributed by atoms with Crippen LogP contribution in [0.4, 0.5) is 0 Å². The zero-order valence-electron chi connectivity index (χ0n) is 9.37. The fraction of sp³-hybridized carbons (Fsp3) is 0.818. The summed E-state index contributed by atoms with van der Waals surface area (Å²) in [6, 6.07) is -0.0785. The second-order valence-corrected chi connectivity index (χ2v) is 4.04. The molecular weight excluding hydrogens is 192 g/mol. The number of amides is 2. The predicted octanol–water partition coefficient (Wildman–Crippen LogP) is 1.04. The Hall–Kier alpha value is -0.900. The van der Waals surface area contributed by atoms with E-state index in [4.69, 9.17) is 5.73 Å². The maximum atomic E-state index is 11.6. The molecule has 4 heteroatoms. The molecule has 0 aromatic rings. The van der Waals surface area contributed by atoms with Crippen molar-refractivity contribution < 1.29 is 9.59 Å². The van der Waals surface area contributed by atoms with Crippen molar-refractivity contribution in [3.8, 4) is 0 Å². The molecule has 0 bridgehead atoms. The molecule has 1 heterocycles. The van der Waals surface area contributed by atoms with Crippen LogP contribution in [0.2, 0.25) is 0 Å². The Balaban J connectivity index is 2.62. The average molecular weight is 212 g/mol. The third-order valence-electron chi connectivity index (χ3n) is 2.85. The van der Waals surface area contributed by atoms with E-state index in [1.54, 1.807) is 0 Å². The number of hydrogen-bond donors (Lipinski definition) is 1. The van der Waals surface area contributed by atoms with Crippen molar-refractivity contribution in [1.29, 1.82) is 0 Å². The third-order valence-corrected chi connectivity index (χ3v) is 2.85. The Kier molecular flexibility index (Phi) is 4.75. The van der Waals surface area contributed by atoms with Crippen molar-refractivity contribution in [2.45, 2.75) is 51.5 Å². The summed E-state index contributed by atoms with van der Waals surface area (Å²) in [7, 11) is 0. The van der Waals surface area contributed by atoms with Crippen molar-refractivity contribution in [3.63, 3.8) is 0 Å². The minimum Gasteiger partial charge on any atom is -0.328 e. The van der Waals surface area contributed by atoms with E-state index in [2.05, 4.69) is 6.92 Å². The van der Waals surface area contributed by atoms with E-state index in [1.165, 1.54) is 4.90 Å². The summed E-state index contributed by atoms with van der Waals surface area (Å²) in [4.78, 5) is 24.6.